The standard InChI is InChI=1S/C15H25NS/c1-4-13-7-8-14(17-13)10-15(16-3)12-6-5-11(2)9-12/h7-8,11-12,15-16H,4-6,9-10H2,1-3H3. The fourth-order valence-corrected chi connectivity index (χ4v) is 4.08. The fourth-order valence-electron chi connectivity index (χ4n) is 3.06. The van der Waals surface area contributed by atoms with Crippen LogP contribution in [0, 0.1) is 11.8 Å². The highest BCUT2D eigenvalue weighted by molar-refractivity contribution is 7.11. The highest BCUT2D eigenvalue weighted by Gasteiger charge is 2.28. The first-order valence-corrected chi connectivity index (χ1v) is 7.79. The van der Waals surface area contributed by atoms with E-state index in [0.29, 0.717) is 6.04 Å². The van der Waals surface area contributed by atoms with E-state index < -0.39 is 0 Å². The van der Waals surface area contributed by atoms with Crippen molar-refractivity contribution >= 4 is 11.3 Å². The minimum absolute atomic E-state index is 0.684. The number of hydrogen-bond donors (Lipinski definition) is 1. The van der Waals surface area contributed by atoms with Crippen LogP contribution in [0.25, 0.3) is 0 Å². The molecule has 0 bridgehead atoms. The van der Waals surface area contributed by atoms with Crippen LogP contribution in [-0.2, 0) is 12.8 Å². The van der Waals surface area contributed by atoms with Crippen molar-refractivity contribution in [1.82, 2.24) is 5.32 Å². The molecule has 3 unspecified atom stereocenters. The van der Waals surface area contributed by atoms with Crippen molar-refractivity contribution in [3.63, 3.8) is 0 Å². The third-order valence-electron chi connectivity index (χ3n) is 4.16. The van der Waals surface area contributed by atoms with Crippen molar-refractivity contribution in [1.29, 1.82) is 0 Å². The zero-order valence-corrected chi connectivity index (χ0v) is 12.1. The van der Waals surface area contributed by atoms with Crippen molar-refractivity contribution < 1.29 is 0 Å². The van der Waals surface area contributed by atoms with Crippen LogP contribution in [0.5, 0.6) is 0 Å². The second-order valence-corrected chi connectivity index (χ2v) is 6.75. The summed E-state index contributed by atoms with van der Waals surface area (Å²) < 4.78 is 0. The molecule has 1 nitrogen and oxygen atoms in total. The molecule has 0 radical (unpaired) electrons. The molecule has 17 heavy (non-hydrogen) atoms. The van der Waals surface area contributed by atoms with Gasteiger partial charge in [-0.1, -0.05) is 20.3 Å². The summed E-state index contributed by atoms with van der Waals surface area (Å²) in [6.45, 7) is 4.64. The first-order valence-electron chi connectivity index (χ1n) is 6.97. The molecule has 1 aliphatic rings. The van der Waals surface area contributed by atoms with Gasteiger partial charge in [0.25, 0.3) is 0 Å². The van der Waals surface area contributed by atoms with E-state index in [-0.39, 0.29) is 0 Å². The van der Waals surface area contributed by atoms with Gasteiger partial charge in [0.15, 0.2) is 0 Å². The van der Waals surface area contributed by atoms with Crippen LogP contribution in [0.2, 0.25) is 0 Å². The zero-order chi connectivity index (χ0) is 12.3. The molecule has 1 saturated carbocycles. The molecule has 1 aliphatic carbocycles. The third kappa shape index (κ3) is 3.32. The number of rotatable bonds is 5. The molecule has 1 N–H and O–H groups in total. The quantitative estimate of drug-likeness (QED) is 0.837. The summed E-state index contributed by atoms with van der Waals surface area (Å²) in [5.41, 5.74) is 0. The molecule has 0 aliphatic heterocycles. The summed E-state index contributed by atoms with van der Waals surface area (Å²) in [5.74, 6) is 1.83. The average Bonchev–Trinajstić information content (AvgIpc) is 2.94. The molecule has 0 saturated heterocycles. The van der Waals surface area contributed by atoms with E-state index in [0.717, 1.165) is 11.8 Å². The van der Waals surface area contributed by atoms with E-state index in [9.17, 15) is 0 Å². The summed E-state index contributed by atoms with van der Waals surface area (Å²) in [4.78, 5) is 3.08. The lowest BCUT2D eigenvalue weighted by Crippen LogP contribution is -2.34. The van der Waals surface area contributed by atoms with Crippen molar-refractivity contribution in [2.45, 2.75) is 52.0 Å². The monoisotopic (exact) mass is 251 g/mol. The maximum atomic E-state index is 3.55. The topological polar surface area (TPSA) is 12.0 Å². The van der Waals surface area contributed by atoms with Gasteiger partial charge in [0.05, 0.1) is 0 Å². The largest absolute Gasteiger partial charge is 0.316 e. The number of thiophene rings is 1. The minimum Gasteiger partial charge on any atom is -0.316 e. The molecular formula is C15H25NS. The van der Waals surface area contributed by atoms with Crippen LogP contribution in [0.15, 0.2) is 12.1 Å². The molecule has 2 heteroatoms. The van der Waals surface area contributed by atoms with Gasteiger partial charge in [0, 0.05) is 15.8 Å². The van der Waals surface area contributed by atoms with Gasteiger partial charge in [-0.3, -0.25) is 0 Å². The lowest BCUT2D eigenvalue weighted by Gasteiger charge is -2.22. The van der Waals surface area contributed by atoms with Gasteiger partial charge in [-0.05, 0) is 56.7 Å². The summed E-state index contributed by atoms with van der Waals surface area (Å²) in [7, 11) is 2.13. The number of nitrogens with one attached hydrogen (secondary N) is 1. The summed E-state index contributed by atoms with van der Waals surface area (Å²) in [5, 5.41) is 3.55. The van der Waals surface area contributed by atoms with Crippen molar-refractivity contribution in [2.24, 2.45) is 11.8 Å². The molecule has 1 heterocycles. The number of aryl methyl sites for hydroxylation is 1. The van der Waals surface area contributed by atoms with Crippen LogP contribution >= 0.6 is 11.3 Å². The van der Waals surface area contributed by atoms with Gasteiger partial charge in [-0.2, -0.15) is 0 Å². The van der Waals surface area contributed by atoms with Crippen LogP contribution < -0.4 is 5.32 Å². The highest BCUT2D eigenvalue weighted by atomic mass is 32.1. The van der Waals surface area contributed by atoms with Crippen molar-refractivity contribution in [3.8, 4) is 0 Å². The van der Waals surface area contributed by atoms with Gasteiger partial charge in [0.1, 0.15) is 0 Å². The molecular weight excluding hydrogens is 226 g/mol. The second-order valence-electron chi connectivity index (χ2n) is 5.50. The maximum absolute atomic E-state index is 3.55. The summed E-state index contributed by atoms with van der Waals surface area (Å²) >= 11 is 2.00. The van der Waals surface area contributed by atoms with Crippen LogP contribution in [-0.4, -0.2) is 13.1 Å². The van der Waals surface area contributed by atoms with E-state index in [2.05, 4.69) is 38.3 Å². The van der Waals surface area contributed by atoms with Gasteiger partial charge in [-0.25, -0.2) is 0 Å². The molecule has 3 atom stereocenters. The third-order valence-corrected chi connectivity index (χ3v) is 5.41. The van der Waals surface area contributed by atoms with Gasteiger partial charge >= 0.3 is 0 Å². The number of likely N-dealkylation sites (N-methyl/N-ethyl adjacent to an activating group) is 1. The Hall–Kier alpha value is -0.340. The van der Waals surface area contributed by atoms with E-state index in [1.807, 2.05) is 11.3 Å². The Morgan fingerprint density at radius 3 is 2.65 bits per heavy atom. The molecule has 96 valence electrons. The minimum atomic E-state index is 0.684. The van der Waals surface area contributed by atoms with E-state index in [1.165, 1.54) is 37.0 Å². The van der Waals surface area contributed by atoms with Crippen LogP contribution in [0.1, 0.15) is 42.9 Å². The second kappa shape index (κ2) is 6.01. The first kappa shape index (κ1) is 13.1. The predicted molar refractivity (Wildman–Crippen MR) is 76.8 cm³/mol. The SMILES string of the molecule is CCc1ccc(CC(NC)C2CCC(C)C2)s1. The maximum Gasteiger partial charge on any atom is 0.0141 e. The first-order chi connectivity index (χ1) is 8.22. The van der Waals surface area contributed by atoms with Gasteiger partial charge in [-0.15, -0.1) is 11.3 Å². The van der Waals surface area contributed by atoms with Crippen LogP contribution in [0.3, 0.4) is 0 Å². The summed E-state index contributed by atoms with van der Waals surface area (Å²) in [6.07, 6.45) is 6.65. The number of hydrogen-bond acceptors (Lipinski definition) is 2. The summed E-state index contributed by atoms with van der Waals surface area (Å²) in [6, 6.07) is 5.30. The average molecular weight is 251 g/mol. The molecule has 0 spiro atoms. The predicted octanol–water partition coefficient (Wildman–Crippen LogP) is 3.88. The Labute approximate surface area is 110 Å². The highest BCUT2D eigenvalue weighted by Crippen LogP contribution is 2.34. The Morgan fingerprint density at radius 2 is 2.12 bits per heavy atom. The Balaban J connectivity index is 1.95. The van der Waals surface area contributed by atoms with E-state index in [4.69, 9.17) is 0 Å². The van der Waals surface area contributed by atoms with Crippen LogP contribution in [0.4, 0.5) is 0 Å². The Kier molecular flexibility index (Phi) is 4.63. The smallest absolute Gasteiger partial charge is 0.0141 e. The lowest BCUT2D eigenvalue weighted by atomic mass is 9.94. The zero-order valence-electron chi connectivity index (χ0n) is 11.3. The van der Waals surface area contributed by atoms with E-state index in [1.54, 1.807) is 4.88 Å². The molecule has 0 amide bonds. The molecule has 1 aromatic heterocycles. The lowest BCUT2D eigenvalue weighted by molar-refractivity contribution is 0.369. The Bertz CT molecular complexity index is 344. The van der Waals surface area contributed by atoms with Gasteiger partial charge in [0.2, 0.25) is 0 Å². The van der Waals surface area contributed by atoms with Gasteiger partial charge < -0.3 is 5.32 Å². The molecule has 2 rings (SSSR count). The fraction of sp³-hybridized carbons (Fsp3) is 0.733. The Morgan fingerprint density at radius 1 is 1.35 bits per heavy atom. The molecule has 0 aromatic carbocycles. The molecule has 1 fully saturated rings. The molecule has 1 aromatic rings. The van der Waals surface area contributed by atoms with E-state index >= 15 is 0 Å². The normalized spacial score (nSPS) is 26.3. The van der Waals surface area contributed by atoms with Crippen molar-refractivity contribution in [2.75, 3.05) is 7.05 Å². The van der Waals surface area contributed by atoms with Crippen molar-refractivity contribution in [3.05, 3.63) is 21.9 Å².